The second kappa shape index (κ2) is 12.3. The SMILES string of the molecule is C[C@@H]1CN(C(=O)c2cc(F)cc3c(=O)c4cc(F)ccc4[nH]c23)C[C@H](C)N1Cc1cn(C2CCCN(c3ccc(Br)cc3)C2=O)nn1. The largest absolute Gasteiger partial charge is 0.354 e. The van der Waals surface area contributed by atoms with Gasteiger partial charge in [-0.05, 0) is 81.3 Å². The van der Waals surface area contributed by atoms with Crippen LogP contribution < -0.4 is 10.3 Å². The van der Waals surface area contributed by atoms with Gasteiger partial charge in [0, 0.05) is 64.7 Å². The maximum atomic E-state index is 14.8. The van der Waals surface area contributed by atoms with Gasteiger partial charge in [-0.2, -0.15) is 0 Å². The number of carbonyl (C=O) groups excluding carboxylic acids is 2. The van der Waals surface area contributed by atoms with Crippen LogP contribution >= 0.6 is 15.9 Å². The van der Waals surface area contributed by atoms with Crippen LogP contribution in [0.15, 0.2) is 70.1 Å². The molecule has 0 radical (unpaired) electrons. The molecule has 0 bridgehead atoms. The van der Waals surface area contributed by atoms with E-state index in [2.05, 4.69) is 36.1 Å². The summed E-state index contributed by atoms with van der Waals surface area (Å²) in [5.41, 5.74) is 1.65. The molecule has 2 aliphatic rings. The number of aromatic nitrogens is 4. The van der Waals surface area contributed by atoms with Crippen LogP contribution in [0, 0.1) is 11.6 Å². The fourth-order valence-electron chi connectivity index (χ4n) is 6.89. The van der Waals surface area contributed by atoms with Crippen LogP contribution in [0.2, 0.25) is 0 Å². The Hall–Kier alpha value is -4.49. The molecule has 5 aromatic rings. The fraction of sp³-hybridized carbons (Fsp3) is 0.324. The highest BCUT2D eigenvalue weighted by Gasteiger charge is 2.35. The second-order valence-corrected chi connectivity index (χ2v) is 13.3. The normalized spacial score (nSPS) is 20.8. The van der Waals surface area contributed by atoms with E-state index in [0.717, 1.165) is 34.8 Å². The molecule has 0 spiro atoms. The predicted octanol–water partition coefficient (Wildman–Crippen LogP) is 5.42. The number of aromatic amines is 1. The summed E-state index contributed by atoms with van der Waals surface area (Å²) in [6, 6.07) is 13.0. The summed E-state index contributed by atoms with van der Waals surface area (Å²) in [6.45, 7) is 5.86. The maximum Gasteiger partial charge on any atom is 0.256 e. The van der Waals surface area contributed by atoms with Gasteiger partial charge in [0.1, 0.15) is 17.7 Å². The number of rotatable bonds is 5. The highest BCUT2D eigenvalue weighted by Crippen LogP contribution is 2.29. The lowest BCUT2D eigenvalue weighted by atomic mass is 10.0. The summed E-state index contributed by atoms with van der Waals surface area (Å²) in [5.74, 6) is -1.72. The molecule has 0 saturated carbocycles. The van der Waals surface area contributed by atoms with E-state index in [0.29, 0.717) is 43.8 Å². The van der Waals surface area contributed by atoms with Crippen LogP contribution in [0.5, 0.6) is 0 Å². The monoisotopic (exact) mass is 703 g/mol. The summed E-state index contributed by atoms with van der Waals surface area (Å²) in [5, 5.41) is 8.81. The first-order valence-corrected chi connectivity index (χ1v) is 16.3. The Morgan fingerprint density at radius 3 is 2.45 bits per heavy atom. The van der Waals surface area contributed by atoms with Crippen molar-refractivity contribution in [2.75, 3.05) is 24.5 Å². The number of piperidine rings is 1. The number of amides is 2. The van der Waals surface area contributed by atoms with Gasteiger partial charge < -0.3 is 14.8 Å². The molecule has 2 fully saturated rings. The minimum absolute atomic E-state index is 0.00863. The number of hydrogen-bond donors (Lipinski definition) is 1. The van der Waals surface area contributed by atoms with E-state index >= 15 is 0 Å². The third kappa shape index (κ3) is 5.82. The van der Waals surface area contributed by atoms with Gasteiger partial charge in [0.05, 0.1) is 23.0 Å². The van der Waals surface area contributed by atoms with E-state index in [1.165, 1.54) is 12.1 Å². The number of carbonyl (C=O) groups is 2. The second-order valence-electron chi connectivity index (χ2n) is 12.4. The first-order chi connectivity index (χ1) is 22.6. The van der Waals surface area contributed by atoms with Gasteiger partial charge >= 0.3 is 0 Å². The molecule has 2 aliphatic heterocycles. The molecule has 2 aromatic heterocycles. The van der Waals surface area contributed by atoms with Crippen molar-refractivity contribution in [2.24, 2.45) is 0 Å². The number of fused-ring (bicyclic) bond motifs is 2. The molecule has 0 aliphatic carbocycles. The molecule has 2 amide bonds. The van der Waals surface area contributed by atoms with E-state index in [4.69, 9.17) is 0 Å². The molecule has 10 nitrogen and oxygen atoms in total. The van der Waals surface area contributed by atoms with Crippen LogP contribution in [0.4, 0.5) is 14.5 Å². The topological polar surface area (TPSA) is 107 Å². The van der Waals surface area contributed by atoms with Crippen molar-refractivity contribution in [3.63, 3.8) is 0 Å². The average Bonchev–Trinajstić information content (AvgIpc) is 3.52. The number of piperazine rings is 1. The number of nitrogens with zero attached hydrogens (tertiary/aromatic N) is 6. The molecule has 1 N–H and O–H groups in total. The lowest BCUT2D eigenvalue weighted by molar-refractivity contribution is -0.123. The van der Waals surface area contributed by atoms with E-state index < -0.39 is 29.0 Å². The molecule has 4 heterocycles. The van der Waals surface area contributed by atoms with Gasteiger partial charge in [0.2, 0.25) is 0 Å². The van der Waals surface area contributed by atoms with E-state index in [1.54, 1.807) is 14.5 Å². The zero-order chi connectivity index (χ0) is 33.0. The van der Waals surface area contributed by atoms with E-state index in [1.807, 2.05) is 44.3 Å². The Balaban J connectivity index is 1.07. The Kier molecular flexibility index (Phi) is 8.13. The quantitative estimate of drug-likeness (QED) is 0.245. The number of anilines is 1. The Morgan fingerprint density at radius 2 is 1.70 bits per heavy atom. The number of nitrogens with one attached hydrogen (secondary N) is 1. The summed E-state index contributed by atoms with van der Waals surface area (Å²) >= 11 is 3.44. The van der Waals surface area contributed by atoms with Crippen molar-refractivity contribution in [2.45, 2.75) is 51.4 Å². The third-order valence-electron chi connectivity index (χ3n) is 9.22. The van der Waals surface area contributed by atoms with E-state index in [9.17, 15) is 23.2 Å². The molecule has 13 heteroatoms. The first kappa shape index (κ1) is 31.1. The average molecular weight is 705 g/mol. The van der Waals surface area contributed by atoms with Crippen molar-refractivity contribution in [3.8, 4) is 0 Å². The fourth-order valence-corrected chi connectivity index (χ4v) is 7.16. The lowest BCUT2D eigenvalue weighted by Crippen LogP contribution is -2.57. The van der Waals surface area contributed by atoms with Crippen LogP contribution in [-0.2, 0) is 11.3 Å². The van der Waals surface area contributed by atoms with Crippen LogP contribution in [-0.4, -0.2) is 73.3 Å². The summed E-state index contributed by atoms with van der Waals surface area (Å²) < 4.78 is 31.2. The zero-order valence-corrected chi connectivity index (χ0v) is 27.4. The van der Waals surface area contributed by atoms with Crippen LogP contribution in [0.3, 0.4) is 0 Å². The van der Waals surface area contributed by atoms with Crippen molar-refractivity contribution in [1.82, 2.24) is 29.8 Å². The smallest absolute Gasteiger partial charge is 0.256 e. The van der Waals surface area contributed by atoms with Gasteiger partial charge in [-0.3, -0.25) is 19.3 Å². The zero-order valence-electron chi connectivity index (χ0n) is 25.8. The molecule has 3 aromatic carbocycles. The lowest BCUT2D eigenvalue weighted by Gasteiger charge is -2.44. The molecule has 242 valence electrons. The predicted molar refractivity (Wildman–Crippen MR) is 177 cm³/mol. The number of pyridine rings is 1. The molecule has 1 unspecified atom stereocenters. The molecule has 47 heavy (non-hydrogen) atoms. The minimum Gasteiger partial charge on any atom is -0.354 e. The molecule has 7 rings (SSSR count). The highest BCUT2D eigenvalue weighted by atomic mass is 79.9. The molecule has 3 atom stereocenters. The van der Waals surface area contributed by atoms with Gasteiger partial charge in [-0.1, -0.05) is 21.1 Å². The summed E-state index contributed by atoms with van der Waals surface area (Å²) in [6.07, 6.45) is 3.35. The van der Waals surface area contributed by atoms with Crippen molar-refractivity contribution in [3.05, 3.63) is 98.4 Å². The number of halogens is 3. The van der Waals surface area contributed by atoms with Gasteiger partial charge in [-0.15, -0.1) is 5.10 Å². The number of benzene rings is 3. The van der Waals surface area contributed by atoms with Crippen LogP contribution in [0.25, 0.3) is 21.8 Å². The Labute approximate surface area is 277 Å². The van der Waals surface area contributed by atoms with Gasteiger partial charge in [-0.25, -0.2) is 13.5 Å². The third-order valence-corrected chi connectivity index (χ3v) is 9.75. The first-order valence-electron chi connectivity index (χ1n) is 15.5. The Bertz CT molecular complexity index is 2070. The molecular weight excluding hydrogens is 672 g/mol. The molecular formula is C34H32BrF2N7O3. The number of hydrogen-bond acceptors (Lipinski definition) is 6. The van der Waals surface area contributed by atoms with Crippen molar-refractivity contribution < 1.29 is 18.4 Å². The standard InChI is InChI=1S/C34H32BrF2N7O3/c1-19-15-41(33(46)28-14-23(37)13-27-31(28)38-29-10-7-22(36)12-26(29)32(27)45)16-20(2)43(19)17-24-18-44(40-39-24)30-4-3-11-42(34(30)47)25-8-5-21(35)6-9-25/h5-10,12-14,18-20,30H,3-4,11,15-17H2,1-2H3,(H,38,45)/t19-,20+,30?. The minimum atomic E-state index is -0.721. The summed E-state index contributed by atoms with van der Waals surface area (Å²) in [4.78, 5) is 49.2. The number of H-pyrrole nitrogens is 1. The van der Waals surface area contributed by atoms with Crippen molar-refractivity contribution in [1.29, 1.82) is 0 Å². The van der Waals surface area contributed by atoms with Crippen LogP contribution in [0.1, 0.15) is 48.8 Å². The Morgan fingerprint density at radius 1 is 0.979 bits per heavy atom. The summed E-state index contributed by atoms with van der Waals surface area (Å²) in [7, 11) is 0. The molecule has 2 saturated heterocycles. The maximum absolute atomic E-state index is 14.8. The van der Waals surface area contributed by atoms with Gasteiger partial charge in [0.15, 0.2) is 5.43 Å². The van der Waals surface area contributed by atoms with Gasteiger partial charge in [0.25, 0.3) is 11.8 Å². The van der Waals surface area contributed by atoms with E-state index in [-0.39, 0.29) is 39.8 Å². The van der Waals surface area contributed by atoms with Crippen molar-refractivity contribution >= 4 is 55.2 Å². The highest BCUT2D eigenvalue weighted by molar-refractivity contribution is 9.10.